The van der Waals surface area contributed by atoms with Crippen LogP contribution in [0.2, 0.25) is 0 Å². The summed E-state index contributed by atoms with van der Waals surface area (Å²) >= 11 is 0. The summed E-state index contributed by atoms with van der Waals surface area (Å²) in [6, 6.07) is 2.79. The highest BCUT2D eigenvalue weighted by atomic mass is 19.1. The highest BCUT2D eigenvalue weighted by molar-refractivity contribution is 5.86. The SMILES string of the molecule is CCc1nc(-c2cc(F)ccc2[N+](=O)[O-])oc1C(=O)O. The van der Waals surface area contributed by atoms with Crippen LogP contribution in [0.4, 0.5) is 10.1 Å². The summed E-state index contributed by atoms with van der Waals surface area (Å²) in [5.41, 5.74) is -0.462. The fourth-order valence-corrected chi connectivity index (χ4v) is 1.71. The first-order chi connectivity index (χ1) is 9.43. The Labute approximate surface area is 111 Å². The molecule has 0 saturated heterocycles. The van der Waals surface area contributed by atoms with E-state index in [1.165, 1.54) is 0 Å². The average Bonchev–Trinajstić information content (AvgIpc) is 2.82. The van der Waals surface area contributed by atoms with E-state index < -0.39 is 28.2 Å². The lowest BCUT2D eigenvalue weighted by atomic mass is 10.2. The molecule has 0 bridgehead atoms. The molecule has 0 saturated carbocycles. The lowest BCUT2D eigenvalue weighted by Gasteiger charge is -1.98. The van der Waals surface area contributed by atoms with Crippen molar-refractivity contribution in [3.63, 3.8) is 0 Å². The second kappa shape index (κ2) is 5.08. The fourth-order valence-electron chi connectivity index (χ4n) is 1.71. The van der Waals surface area contributed by atoms with Crippen molar-refractivity contribution in [1.82, 2.24) is 4.98 Å². The van der Waals surface area contributed by atoms with Crippen molar-refractivity contribution in [1.29, 1.82) is 0 Å². The molecule has 2 rings (SSSR count). The second-order valence-electron chi connectivity index (χ2n) is 3.87. The zero-order valence-corrected chi connectivity index (χ0v) is 10.3. The molecule has 0 fully saturated rings. The van der Waals surface area contributed by atoms with E-state index in [9.17, 15) is 19.3 Å². The minimum atomic E-state index is -1.33. The van der Waals surface area contributed by atoms with E-state index >= 15 is 0 Å². The number of carboxylic acids is 1. The van der Waals surface area contributed by atoms with Crippen LogP contribution in [0.1, 0.15) is 23.2 Å². The summed E-state index contributed by atoms with van der Waals surface area (Å²) in [5, 5.41) is 19.8. The molecule has 0 spiro atoms. The summed E-state index contributed by atoms with van der Waals surface area (Å²) < 4.78 is 18.3. The van der Waals surface area contributed by atoms with Crippen molar-refractivity contribution in [2.24, 2.45) is 0 Å². The van der Waals surface area contributed by atoms with E-state index in [1.54, 1.807) is 6.92 Å². The number of aromatic carboxylic acids is 1. The number of halogens is 1. The topological polar surface area (TPSA) is 106 Å². The molecular weight excluding hydrogens is 271 g/mol. The first-order valence-electron chi connectivity index (χ1n) is 5.61. The van der Waals surface area contributed by atoms with Crippen LogP contribution >= 0.6 is 0 Å². The summed E-state index contributed by atoms with van der Waals surface area (Å²) in [4.78, 5) is 25.0. The maximum Gasteiger partial charge on any atom is 0.373 e. The van der Waals surface area contributed by atoms with Gasteiger partial charge in [0.2, 0.25) is 11.7 Å². The normalized spacial score (nSPS) is 10.5. The van der Waals surface area contributed by atoms with Gasteiger partial charge in [0, 0.05) is 6.07 Å². The minimum Gasteiger partial charge on any atom is -0.475 e. The number of nitrogens with zero attached hydrogens (tertiary/aromatic N) is 2. The van der Waals surface area contributed by atoms with Gasteiger partial charge >= 0.3 is 5.97 Å². The van der Waals surface area contributed by atoms with Gasteiger partial charge in [-0.2, -0.15) is 0 Å². The largest absolute Gasteiger partial charge is 0.475 e. The molecule has 0 atom stereocenters. The van der Waals surface area contributed by atoms with Crippen molar-refractivity contribution in [3.8, 4) is 11.5 Å². The number of aryl methyl sites for hydroxylation is 1. The molecule has 2 aromatic rings. The van der Waals surface area contributed by atoms with Gasteiger partial charge in [0.05, 0.1) is 10.6 Å². The molecule has 0 aliphatic heterocycles. The number of rotatable bonds is 4. The Balaban J connectivity index is 2.65. The molecular formula is C12H9FN2O5. The van der Waals surface area contributed by atoms with Crippen LogP contribution in [-0.4, -0.2) is 21.0 Å². The van der Waals surface area contributed by atoms with E-state index in [1.807, 2.05) is 0 Å². The minimum absolute atomic E-state index is 0.144. The van der Waals surface area contributed by atoms with Gasteiger partial charge in [-0.05, 0) is 18.6 Å². The molecule has 0 unspecified atom stereocenters. The first kappa shape index (κ1) is 13.7. The molecule has 7 nitrogen and oxygen atoms in total. The number of hydrogen-bond acceptors (Lipinski definition) is 5. The summed E-state index contributed by atoms with van der Waals surface area (Å²) in [6.45, 7) is 1.66. The Bertz CT molecular complexity index is 695. The Morgan fingerprint density at radius 1 is 1.55 bits per heavy atom. The number of nitro benzene ring substituents is 1. The van der Waals surface area contributed by atoms with Crippen LogP contribution in [-0.2, 0) is 6.42 Å². The predicted octanol–water partition coefficient (Wildman–Crippen LogP) is 2.65. The Hall–Kier alpha value is -2.77. The highest BCUT2D eigenvalue weighted by Gasteiger charge is 2.24. The number of benzene rings is 1. The Morgan fingerprint density at radius 2 is 2.25 bits per heavy atom. The quantitative estimate of drug-likeness (QED) is 0.681. The van der Waals surface area contributed by atoms with Gasteiger partial charge in [-0.3, -0.25) is 10.1 Å². The maximum absolute atomic E-state index is 13.2. The van der Waals surface area contributed by atoms with Crippen LogP contribution < -0.4 is 0 Å². The van der Waals surface area contributed by atoms with Crippen LogP contribution in [0.3, 0.4) is 0 Å². The van der Waals surface area contributed by atoms with Crippen molar-refractivity contribution < 1.29 is 23.6 Å². The van der Waals surface area contributed by atoms with E-state index in [2.05, 4.69) is 4.98 Å². The third kappa shape index (κ3) is 2.35. The molecule has 1 aromatic carbocycles. The van der Waals surface area contributed by atoms with Crippen LogP contribution in [0, 0.1) is 15.9 Å². The zero-order chi connectivity index (χ0) is 14.9. The van der Waals surface area contributed by atoms with Crippen LogP contribution in [0.15, 0.2) is 22.6 Å². The molecule has 0 aliphatic rings. The van der Waals surface area contributed by atoms with Crippen molar-refractivity contribution >= 4 is 11.7 Å². The average molecular weight is 280 g/mol. The number of nitro groups is 1. The monoisotopic (exact) mass is 280 g/mol. The third-order valence-corrected chi connectivity index (χ3v) is 2.61. The predicted molar refractivity (Wildman–Crippen MR) is 64.9 cm³/mol. The second-order valence-corrected chi connectivity index (χ2v) is 3.87. The van der Waals surface area contributed by atoms with Gasteiger partial charge < -0.3 is 9.52 Å². The molecule has 104 valence electrons. The van der Waals surface area contributed by atoms with Gasteiger partial charge in [-0.1, -0.05) is 6.92 Å². The standard InChI is InChI=1S/C12H9FN2O5/c1-2-8-10(12(16)17)20-11(14-8)7-5-6(13)3-4-9(7)15(18)19/h3-5H,2H2,1H3,(H,16,17). The van der Waals surface area contributed by atoms with Gasteiger partial charge in [0.15, 0.2) is 0 Å². The molecule has 0 radical (unpaired) electrons. The molecule has 8 heteroatoms. The summed E-state index contributed by atoms with van der Waals surface area (Å²) in [7, 11) is 0. The maximum atomic E-state index is 13.2. The van der Waals surface area contributed by atoms with E-state index in [-0.39, 0.29) is 23.6 Å². The first-order valence-corrected chi connectivity index (χ1v) is 5.61. The van der Waals surface area contributed by atoms with Crippen molar-refractivity contribution in [2.75, 3.05) is 0 Å². The summed E-state index contributed by atoms with van der Waals surface area (Å²) in [6.07, 6.45) is 0.272. The Kier molecular flexibility index (Phi) is 3.47. The lowest BCUT2D eigenvalue weighted by molar-refractivity contribution is -0.384. The van der Waals surface area contributed by atoms with E-state index in [0.29, 0.717) is 0 Å². The van der Waals surface area contributed by atoms with Gasteiger partial charge in [-0.15, -0.1) is 0 Å². The molecule has 20 heavy (non-hydrogen) atoms. The smallest absolute Gasteiger partial charge is 0.373 e. The highest BCUT2D eigenvalue weighted by Crippen LogP contribution is 2.31. The number of carbonyl (C=O) groups is 1. The number of oxazole rings is 1. The molecule has 0 amide bonds. The Morgan fingerprint density at radius 3 is 2.75 bits per heavy atom. The van der Waals surface area contributed by atoms with Crippen LogP contribution in [0.5, 0.6) is 0 Å². The van der Waals surface area contributed by atoms with E-state index in [0.717, 1.165) is 18.2 Å². The number of aromatic nitrogens is 1. The molecule has 1 heterocycles. The number of carboxylic acid groups (broad SMARTS) is 1. The third-order valence-electron chi connectivity index (χ3n) is 2.61. The molecule has 1 N–H and O–H groups in total. The van der Waals surface area contributed by atoms with Gasteiger partial charge in [0.25, 0.3) is 5.69 Å². The molecule has 0 aliphatic carbocycles. The fraction of sp³-hybridized carbons (Fsp3) is 0.167. The summed E-state index contributed by atoms with van der Waals surface area (Å²) in [5.74, 6) is -2.73. The lowest BCUT2D eigenvalue weighted by Crippen LogP contribution is -1.98. The zero-order valence-electron chi connectivity index (χ0n) is 10.3. The van der Waals surface area contributed by atoms with Crippen molar-refractivity contribution in [3.05, 3.63) is 45.6 Å². The van der Waals surface area contributed by atoms with E-state index in [4.69, 9.17) is 9.52 Å². The molecule has 1 aromatic heterocycles. The van der Waals surface area contributed by atoms with Crippen LogP contribution in [0.25, 0.3) is 11.5 Å². The van der Waals surface area contributed by atoms with Crippen molar-refractivity contribution in [2.45, 2.75) is 13.3 Å². The number of hydrogen-bond donors (Lipinski definition) is 1. The van der Waals surface area contributed by atoms with Gasteiger partial charge in [0.1, 0.15) is 11.4 Å². The van der Waals surface area contributed by atoms with Gasteiger partial charge in [-0.25, -0.2) is 14.2 Å².